The monoisotopic (exact) mass is 309 g/mol. The summed E-state index contributed by atoms with van der Waals surface area (Å²) in [5, 5.41) is 7.35. The SMILES string of the molecule is C=CCNC(=S)N/N=C\c1c(OC)cc(OC)cc1OC. The number of hydrogen-bond acceptors (Lipinski definition) is 5. The number of thiocarbonyl (C=S) groups is 1. The molecule has 0 saturated carbocycles. The van der Waals surface area contributed by atoms with Crippen LogP contribution >= 0.6 is 12.2 Å². The standard InChI is InChI=1S/C14H19N3O3S/c1-5-6-15-14(21)17-16-9-11-12(19-3)7-10(18-2)8-13(11)20-4/h5,7-9H,1,6H2,2-4H3,(H2,15,17,21)/b16-9-. The molecule has 0 aliphatic heterocycles. The highest BCUT2D eigenvalue weighted by molar-refractivity contribution is 7.80. The lowest BCUT2D eigenvalue weighted by atomic mass is 10.2. The van der Waals surface area contributed by atoms with Crippen LogP contribution in [0.25, 0.3) is 0 Å². The van der Waals surface area contributed by atoms with Crippen LogP contribution in [0.5, 0.6) is 17.2 Å². The molecule has 0 aliphatic carbocycles. The summed E-state index contributed by atoms with van der Waals surface area (Å²) in [7, 11) is 4.71. The molecule has 114 valence electrons. The lowest BCUT2D eigenvalue weighted by Gasteiger charge is -2.12. The number of benzene rings is 1. The van der Waals surface area contributed by atoms with Crippen molar-refractivity contribution >= 4 is 23.5 Å². The summed E-state index contributed by atoms with van der Waals surface area (Å²) in [6.45, 7) is 4.15. The van der Waals surface area contributed by atoms with Gasteiger partial charge in [0, 0.05) is 18.7 Å². The Morgan fingerprint density at radius 1 is 1.24 bits per heavy atom. The van der Waals surface area contributed by atoms with E-state index >= 15 is 0 Å². The molecule has 0 spiro atoms. The van der Waals surface area contributed by atoms with Crippen LogP contribution in [0.15, 0.2) is 29.9 Å². The van der Waals surface area contributed by atoms with Crippen LogP contribution in [-0.4, -0.2) is 39.2 Å². The zero-order valence-corrected chi connectivity index (χ0v) is 13.1. The van der Waals surface area contributed by atoms with Gasteiger partial charge in [-0.1, -0.05) is 6.08 Å². The maximum Gasteiger partial charge on any atom is 0.187 e. The molecule has 7 heteroatoms. The molecule has 0 amide bonds. The predicted octanol–water partition coefficient (Wildman–Crippen LogP) is 1.70. The van der Waals surface area contributed by atoms with Crippen molar-refractivity contribution < 1.29 is 14.2 Å². The Balaban J connectivity index is 2.90. The molecule has 1 rings (SSSR count). The Kier molecular flexibility index (Phi) is 7.03. The molecule has 0 atom stereocenters. The fourth-order valence-corrected chi connectivity index (χ4v) is 1.66. The van der Waals surface area contributed by atoms with Gasteiger partial charge in [0.1, 0.15) is 17.2 Å². The minimum atomic E-state index is 0.401. The highest BCUT2D eigenvalue weighted by Gasteiger charge is 2.11. The van der Waals surface area contributed by atoms with Gasteiger partial charge < -0.3 is 19.5 Å². The Morgan fingerprint density at radius 3 is 2.33 bits per heavy atom. The molecule has 0 saturated heterocycles. The van der Waals surface area contributed by atoms with E-state index in [-0.39, 0.29) is 0 Å². The van der Waals surface area contributed by atoms with Crippen LogP contribution < -0.4 is 25.0 Å². The molecule has 0 unspecified atom stereocenters. The predicted molar refractivity (Wildman–Crippen MR) is 87.6 cm³/mol. The largest absolute Gasteiger partial charge is 0.496 e. The Bertz CT molecular complexity index is 507. The van der Waals surface area contributed by atoms with E-state index in [0.717, 1.165) is 0 Å². The first-order valence-electron chi connectivity index (χ1n) is 6.14. The number of hydrogen-bond donors (Lipinski definition) is 2. The van der Waals surface area contributed by atoms with Crippen molar-refractivity contribution in [1.82, 2.24) is 10.7 Å². The van der Waals surface area contributed by atoms with E-state index in [9.17, 15) is 0 Å². The normalized spacial score (nSPS) is 10.0. The lowest BCUT2D eigenvalue weighted by Crippen LogP contribution is -2.31. The summed E-state index contributed by atoms with van der Waals surface area (Å²) >= 11 is 5.03. The van der Waals surface area contributed by atoms with Crippen molar-refractivity contribution in [3.63, 3.8) is 0 Å². The first kappa shape index (κ1) is 16.8. The second-order valence-electron chi connectivity index (χ2n) is 3.81. The number of nitrogens with zero attached hydrogens (tertiary/aromatic N) is 1. The van der Waals surface area contributed by atoms with Crippen molar-refractivity contribution in [2.75, 3.05) is 27.9 Å². The van der Waals surface area contributed by atoms with Crippen LogP contribution in [0.2, 0.25) is 0 Å². The molecular formula is C14H19N3O3S. The van der Waals surface area contributed by atoms with E-state index < -0.39 is 0 Å². The molecule has 1 aromatic carbocycles. The van der Waals surface area contributed by atoms with Gasteiger partial charge in [-0.2, -0.15) is 5.10 Å². The van der Waals surface area contributed by atoms with E-state index in [2.05, 4.69) is 22.4 Å². The molecule has 6 nitrogen and oxygen atoms in total. The number of methoxy groups -OCH3 is 3. The quantitative estimate of drug-likeness (QED) is 0.346. The summed E-state index contributed by atoms with van der Waals surface area (Å²) in [5.74, 6) is 1.81. The van der Waals surface area contributed by atoms with E-state index in [1.165, 1.54) is 0 Å². The first-order valence-corrected chi connectivity index (χ1v) is 6.54. The first-order chi connectivity index (χ1) is 10.2. The number of ether oxygens (including phenoxy) is 3. The van der Waals surface area contributed by atoms with Gasteiger partial charge in [-0.15, -0.1) is 6.58 Å². The van der Waals surface area contributed by atoms with Gasteiger partial charge in [0.2, 0.25) is 0 Å². The molecule has 0 bridgehead atoms. The fourth-order valence-electron chi connectivity index (χ4n) is 1.52. The maximum atomic E-state index is 5.31. The fraction of sp³-hybridized carbons (Fsp3) is 0.286. The molecule has 0 heterocycles. The third-order valence-electron chi connectivity index (χ3n) is 2.52. The van der Waals surface area contributed by atoms with Crippen molar-refractivity contribution in [2.45, 2.75) is 0 Å². The highest BCUT2D eigenvalue weighted by Crippen LogP contribution is 2.32. The Hall–Kier alpha value is -2.28. The minimum Gasteiger partial charge on any atom is -0.496 e. The van der Waals surface area contributed by atoms with E-state index in [1.807, 2.05) is 0 Å². The molecule has 0 aliphatic rings. The third-order valence-corrected chi connectivity index (χ3v) is 2.76. The van der Waals surface area contributed by atoms with Gasteiger partial charge in [-0.05, 0) is 12.2 Å². The Labute approximate surface area is 129 Å². The smallest absolute Gasteiger partial charge is 0.187 e. The van der Waals surface area contributed by atoms with Crippen LogP contribution in [0.1, 0.15) is 5.56 Å². The topological polar surface area (TPSA) is 64.1 Å². The number of nitrogens with one attached hydrogen (secondary N) is 2. The van der Waals surface area contributed by atoms with Crippen molar-refractivity contribution in [1.29, 1.82) is 0 Å². The average Bonchev–Trinajstić information content (AvgIpc) is 2.52. The summed E-state index contributed by atoms with van der Waals surface area (Å²) in [4.78, 5) is 0. The number of rotatable bonds is 7. The second-order valence-corrected chi connectivity index (χ2v) is 4.22. The summed E-state index contributed by atoms with van der Waals surface area (Å²) in [6, 6.07) is 3.50. The van der Waals surface area contributed by atoms with Crippen molar-refractivity contribution in [2.24, 2.45) is 5.10 Å². The zero-order chi connectivity index (χ0) is 15.7. The van der Waals surface area contributed by atoms with Crippen LogP contribution in [0.3, 0.4) is 0 Å². The second kappa shape index (κ2) is 8.80. The van der Waals surface area contributed by atoms with E-state index in [0.29, 0.717) is 34.5 Å². The molecule has 0 aromatic heterocycles. The van der Waals surface area contributed by atoms with Gasteiger partial charge >= 0.3 is 0 Å². The van der Waals surface area contributed by atoms with Crippen LogP contribution in [0.4, 0.5) is 0 Å². The van der Waals surface area contributed by atoms with Gasteiger partial charge in [0.25, 0.3) is 0 Å². The highest BCUT2D eigenvalue weighted by atomic mass is 32.1. The van der Waals surface area contributed by atoms with Crippen LogP contribution in [-0.2, 0) is 0 Å². The Morgan fingerprint density at radius 2 is 1.86 bits per heavy atom. The van der Waals surface area contributed by atoms with Gasteiger partial charge in [-0.25, -0.2) is 0 Å². The summed E-state index contributed by atoms with van der Waals surface area (Å²) < 4.78 is 15.8. The lowest BCUT2D eigenvalue weighted by molar-refractivity contribution is 0.374. The maximum absolute atomic E-state index is 5.31. The summed E-state index contributed by atoms with van der Waals surface area (Å²) in [5.41, 5.74) is 3.38. The van der Waals surface area contributed by atoms with Crippen molar-refractivity contribution in [3.05, 3.63) is 30.4 Å². The molecule has 2 N–H and O–H groups in total. The molecule has 1 aromatic rings. The zero-order valence-electron chi connectivity index (χ0n) is 12.3. The van der Waals surface area contributed by atoms with Crippen molar-refractivity contribution in [3.8, 4) is 17.2 Å². The van der Waals surface area contributed by atoms with Gasteiger partial charge in [0.15, 0.2) is 5.11 Å². The minimum absolute atomic E-state index is 0.401. The van der Waals surface area contributed by atoms with E-state index in [4.69, 9.17) is 26.4 Å². The van der Waals surface area contributed by atoms with Gasteiger partial charge in [-0.3, -0.25) is 5.43 Å². The van der Waals surface area contributed by atoms with E-state index in [1.54, 1.807) is 45.8 Å². The van der Waals surface area contributed by atoms with Gasteiger partial charge in [0.05, 0.1) is 33.1 Å². The molecular weight excluding hydrogens is 290 g/mol. The van der Waals surface area contributed by atoms with Crippen LogP contribution in [0, 0.1) is 0 Å². The molecule has 21 heavy (non-hydrogen) atoms. The molecule has 0 fully saturated rings. The molecule has 0 radical (unpaired) electrons. The average molecular weight is 309 g/mol. The summed E-state index contributed by atoms with van der Waals surface area (Å²) in [6.07, 6.45) is 3.27. The third kappa shape index (κ3) is 4.96. The number of hydrazone groups is 1.